The Kier molecular flexibility index (Phi) is 42.6. The summed E-state index contributed by atoms with van der Waals surface area (Å²) < 4.78 is 25.6. The second-order valence-corrected chi connectivity index (χ2v) is 3.83. The van der Waals surface area contributed by atoms with E-state index in [0.29, 0.717) is 6.08 Å². The van der Waals surface area contributed by atoms with Gasteiger partial charge in [-0.15, -0.1) is 6.58 Å². The monoisotopic (exact) mass is 355 g/mol. The molecule has 0 aliphatic carbocycles. The summed E-state index contributed by atoms with van der Waals surface area (Å²) in [5, 5.41) is 19.2. The zero-order valence-corrected chi connectivity index (χ0v) is 16.3. The van der Waals surface area contributed by atoms with Gasteiger partial charge in [0.05, 0.1) is 0 Å². The van der Waals surface area contributed by atoms with Crippen molar-refractivity contribution in [1.29, 1.82) is 0 Å². The molecule has 0 saturated carbocycles. The van der Waals surface area contributed by atoms with E-state index in [-0.39, 0.29) is 12.5 Å². The highest BCUT2D eigenvalue weighted by molar-refractivity contribution is 5.11. The van der Waals surface area contributed by atoms with Crippen LogP contribution in [0, 0.1) is 0 Å². The molecule has 1 rings (SSSR count). The maximum atomic E-state index is 12.8. The van der Waals surface area contributed by atoms with Crippen molar-refractivity contribution in [3.05, 3.63) is 25.3 Å². The summed E-state index contributed by atoms with van der Waals surface area (Å²) in [5.41, 5.74) is 0. The number of carbonyl (C=O) groups excluding carboxylic acids is 1. The number of hydrogen-bond acceptors (Lipinski definition) is 4. The minimum Gasteiger partial charge on any atom is -0.400 e. The summed E-state index contributed by atoms with van der Waals surface area (Å²) in [7, 11) is 1.00. The van der Waals surface area contributed by atoms with E-state index in [4.69, 9.17) is 9.90 Å². The number of aliphatic hydroxyl groups excluding tert-OH is 2. The van der Waals surface area contributed by atoms with E-state index >= 15 is 0 Å². The molecule has 2 unspecified atom stereocenters. The molecule has 0 bridgehead atoms. The first kappa shape index (κ1) is 34.3. The van der Waals surface area contributed by atoms with Crippen LogP contribution >= 0.6 is 0 Å². The van der Waals surface area contributed by atoms with E-state index in [1.54, 1.807) is 6.08 Å². The van der Waals surface area contributed by atoms with Gasteiger partial charge >= 0.3 is 0 Å². The van der Waals surface area contributed by atoms with Crippen molar-refractivity contribution in [2.24, 2.45) is 0 Å². The molecule has 1 aliphatic heterocycles. The summed E-state index contributed by atoms with van der Waals surface area (Å²) in [6.07, 6.45) is 2.60. The molecule has 0 aromatic rings. The molecule has 3 N–H and O–H groups in total. The van der Waals surface area contributed by atoms with Gasteiger partial charge in [0.1, 0.15) is 12.9 Å². The van der Waals surface area contributed by atoms with Crippen LogP contribution in [0.25, 0.3) is 0 Å². The number of halogens is 2. The molecule has 0 spiro atoms. The molecule has 6 heteroatoms. The quantitative estimate of drug-likeness (QED) is 0.667. The number of hydrogen-bond donors (Lipinski definition) is 3. The Morgan fingerprint density at radius 2 is 1.58 bits per heavy atom. The van der Waals surface area contributed by atoms with Gasteiger partial charge in [0.25, 0.3) is 5.92 Å². The summed E-state index contributed by atoms with van der Waals surface area (Å²) >= 11 is 0. The SMILES string of the molecule is C=CC.C=CC(F)(F)C(O)CC1CCCN1.C=O.CC.CC.CO. The van der Waals surface area contributed by atoms with Gasteiger partial charge in [0.2, 0.25) is 0 Å². The smallest absolute Gasteiger partial charge is 0.291 e. The molecule has 0 aromatic heterocycles. The Bertz CT molecular complexity index is 234. The highest BCUT2D eigenvalue weighted by atomic mass is 19.3. The zero-order valence-electron chi connectivity index (χ0n) is 16.3. The highest BCUT2D eigenvalue weighted by Gasteiger charge is 2.36. The van der Waals surface area contributed by atoms with Crippen LogP contribution in [0.15, 0.2) is 25.3 Å². The lowest BCUT2D eigenvalue weighted by Crippen LogP contribution is -2.37. The van der Waals surface area contributed by atoms with E-state index in [9.17, 15) is 13.9 Å². The third kappa shape index (κ3) is 23.2. The molecule has 1 fully saturated rings. The van der Waals surface area contributed by atoms with Crippen molar-refractivity contribution >= 4 is 6.79 Å². The van der Waals surface area contributed by atoms with Gasteiger partial charge in [0, 0.05) is 13.2 Å². The van der Waals surface area contributed by atoms with Gasteiger partial charge in [-0.1, -0.05) is 40.3 Å². The molecule has 148 valence electrons. The van der Waals surface area contributed by atoms with Crippen LogP contribution in [-0.4, -0.2) is 48.7 Å². The molecule has 2 atom stereocenters. The summed E-state index contributed by atoms with van der Waals surface area (Å²) in [6.45, 7) is 19.1. The molecule has 24 heavy (non-hydrogen) atoms. The van der Waals surface area contributed by atoms with Crippen LogP contribution in [0.2, 0.25) is 0 Å². The molecular formula is C18H39F2NO3. The number of carbonyl (C=O) groups is 1. The highest BCUT2D eigenvalue weighted by Crippen LogP contribution is 2.24. The number of aliphatic hydroxyl groups is 2. The first-order valence-corrected chi connectivity index (χ1v) is 8.21. The van der Waals surface area contributed by atoms with Gasteiger partial charge in [-0.2, -0.15) is 8.78 Å². The van der Waals surface area contributed by atoms with E-state index in [1.165, 1.54) is 0 Å². The molecule has 0 amide bonds. The fourth-order valence-electron chi connectivity index (χ4n) is 1.52. The van der Waals surface area contributed by atoms with Crippen molar-refractivity contribution in [1.82, 2.24) is 5.32 Å². The summed E-state index contributed by atoms with van der Waals surface area (Å²) in [5.74, 6) is -3.16. The van der Waals surface area contributed by atoms with Gasteiger partial charge in [-0.25, -0.2) is 0 Å². The van der Waals surface area contributed by atoms with Gasteiger partial charge in [-0.3, -0.25) is 0 Å². The predicted molar refractivity (Wildman–Crippen MR) is 101 cm³/mol. The summed E-state index contributed by atoms with van der Waals surface area (Å²) in [4.78, 5) is 8.00. The second kappa shape index (κ2) is 29.8. The Labute approximate surface area is 147 Å². The Morgan fingerprint density at radius 1 is 1.21 bits per heavy atom. The Balaban J connectivity index is -0.0000000924. The van der Waals surface area contributed by atoms with Crippen LogP contribution in [-0.2, 0) is 4.79 Å². The number of alkyl halides is 2. The van der Waals surface area contributed by atoms with Crippen LogP contribution in [0.1, 0.15) is 53.9 Å². The molecule has 1 aliphatic rings. The minimum absolute atomic E-state index is 0.0285. The summed E-state index contributed by atoms with van der Waals surface area (Å²) in [6, 6.07) is 0.0285. The Hall–Kier alpha value is -1.11. The normalized spacial score (nSPS) is 15.5. The first-order chi connectivity index (χ1) is 11.5. The second-order valence-electron chi connectivity index (χ2n) is 3.83. The third-order valence-electron chi connectivity index (χ3n) is 2.39. The lowest BCUT2D eigenvalue weighted by molar-refractivity contribution is -0.0980. The molecule has 4 nitrogen and oxygen atoms in total. The fourth-order valence-corrected chi connectivity index (χ4v) is 1.52. The molecule has 1 saturated heterocycles. The van der Waals surface area contributed by atoms with E-state index in [0.717, 1.165) is 26.5 Å². The Morgan fingerprint density at radius 3 is 1.83 bits per heavy atom. The molecular weight excluding hydrogens is 316 g/mol. The van der Waals surface area contributed by atoms with Crippen LogP contribution in [0.5, 0.6) is 0 Å². The van der Waals surface area contributed by atoms with Crippen LogP contribution in [0.4, 0.5) is 8.78 Å². The first-order valence-electron chi connectivity index (χ1n) is 8.21. The van der Waals surface area contributed by atoms with Crippen molar-refractivity contribution in [3.63, 3.8) is 0 Å². The maximum absolute atomic E-state index is 12.8. The number of rotatable bonds is 4. The van der Waals surface area contributed by atoms with E-state index < -0.39 is 12.0 Å². The van der Waals surface area contributed by atoms with Crippen molar-refractivity contribution < 1.29 is 23.8 Å². The lowest BCUT2D eigenvalue weighted by atomic mass is 10.0. The third-order valence-corrected chi connectivity index (χ3v) is 2.39. The molecule has 1 heterocycles. The van der Waals surface area contributed by atoms with Crippen LogP contribution in [0.3, 0.4) is 0 Å². The predicted octanol–water partition coefficient (Wildman–Crippen LogP) is 3.98. The fraction of sp³-hybridized carbons (Fsp3) is 0.722. The van der Waals surface area contributed by atoms with Crippen molar-refractivity contribution in [2.75, 3.05) is 13.7 Å². The number of allylic oxidation sites excluding steroid dienone is 1. The minimum atomic E-state index is -3.16. The van der Waals surface area contributed by atoms with Gasteiger partial charge in [0.15, 0.2) is 0 Å². The van der Waals surface area contributed by atoms with E-state index in [2.05, 4.69) is 18.5 Å². The zero-order chi connectivity index (χ0) is 20.6. The largest absolute Gasteiger partial charge is 0.400 e. The van der Waals surface area contributed by atoms with Crippen LogP contribution < -0.4 is 5.32 Å². The molecule has 0 radical (unpaired) electrons. The average Bonchev–Trinajstić information content (AvgIpc) is 3.15. The van der Waals surface area contributed by atoms with Gasteiger partial charge in [-0.05, 0) is 38.8 Å². The maximum Gasteiger partial charge on any atom is 0.291 e. The standard InChI is InChI=1S/C9H15F2NO.C3H6.2C2H6.CH4O.CH2O/c1-2-9(10,11)8(13)6-7-4-3-5-12-7;1-3-2;4*1-2/h2,7-8,12-13H,1,3-6H2;3H,1H2,2H3;2*1-2H3;2H,1H3;1H2. The number of nitrogens with one attached hydrogen (secondary N) is 1. The lowest BCUT2D eigenvalue weighted by Gasteiger charge is -2.21. The van der Waals surface area contributed by atoms with Crippen molar-refractivity contribution in [3.8, 4) is 0 Å². The van der Waals surface area contributed by atoms with E-state index in [1.807, 2.05) is 41.4 Å². The average molecular weight is 356 g/mol. The molecule has 0 aromatic carbocycles. The van der Waals surface area contributed by atoms with Crippen molar-refractivity contribution in [2.45, 2.75) is 71.9 Å². The topological polar surface area (TPSA) is 69.6 Å². The van der Waals surface area contributed by atoms with Gasteiger partial charge < -0.3 is 20.3 Å².